The highest BCUT2D eigenvalue weighted by Gasteiger charge is 2.44. The zero-order valence-corrected chi connectivity index (χ0v) is 19.8. The molecule has 1 aromatic carbocycles. The number of ether oxygens (including phenoxy) is 6. The summed E-state index contributed by atoms with van der Waals surface area (Å²) < 4.78 is 33.6. The van der Waals surface area contributed by atoms with Gasteiger partial charge >= 0.3 is 11.9 Å². The largest absolute Gasteiger partial charge is 0.493 e. The summed E-state index contributed by atoms with van der Waals surface area (Å²) in [5, 5.41) is 0. The summed E-state index contributed by atoms with van der Waals surface area (Å²) in [5.74, 6) is -1.77. The van der Waals surface area contributed by atoms with Crippen molar-refractivity contribution in [2.45, 2.75) is 52.7 Å². The van der Waals surface area contributed by atoms with Gasteiger partial charge in [-0.25, -0.2) is 0 Å². The monoisotopic (exact) mass is 452 g/mol. The SMILES string of the molecule is CCOC(=O)C(C(=O)OCC)C(c1ccc(OC)c(OCC2CC2)c1)C(OCC)OCC. The summed E-state index contributed by atoms with van der Waals surface area (Å²) in [6.45, 7) is 8.55. The van der Waals surface area contributed by atoms with Gasteiger partial charge in [0, 0.05) is 13.2 Å². The van der Waals surface area contributed by atoms with E-state index in [0.717, 1.165) is 12.8 Å². The molecule has 0 saturated heterocycles. The first-order chi connectivity index (χ1) is 15.5. The molecule has 0 N–H and O–H groups in total. The average molecular weight is 453 g/mol. The Hall–Kier alpha value is -2.32. The zero-order valence-electron chi connectivity index (χ0n) is 19.8. The van der Waals surface area contributed by atoms with Gasteiger partial charge in [0.25, 0.3) is 0 Å². The molecule has 0 radical (unpaired) electrons. The summed E-state index contributed by atoms with van der Waals surface area (Å²) in [6.07, 6.45) is 1.43. The van der Waals surface area contributed by atoms with Crippen molar-refractivity contribution in [2.24, 2.45) is 11.8 Å². The summed E-state index contributed by atoms with van der Waals surface area (Å²) in [7, 11) is 1.57. The van der Waals surface area contributed by atoms with Crippen molar-refractivity contribution in [1.29, 1.82) is 0 Å². The molecular weight excluding hydrogens is 416 g/mol. The van der Waals surface area contributed by atoms with Gasteiger partial charge < -0.3 is 28.4 Å². The molecule has 0 spiro atoms. The van der Waals surface area contributed by atoms with Crippen LogP contribution >= 0.6 is 0 Å². The minimum atomic E-state index is -1.26. The fraction of sp³-hybridized carbons (Fsp3) is 0.667. The molecule has 0 heterocycles. The van der Waals surface area contributed by atoms with E-state index in [2.05, 4.69) is 0 Å². The van der Waals surface area contributed by atoms with E-state index in [0.29, 0.717) is 42.8 Å². The summed E-state index contributed by atoms with van der Waals surface area (Å²) in [4.78, 5) is 25.9. The molecule has 0 aromatic heterocycles. The molecule has 2 rings (SSSR count). The molecular formula is C24H36O8. The predicted octanol–water partition coefficient (Wildman–Crippen LogP) is 3.71. The molecule has 1 saturated carbocycles. The van der Waals surface area contributed by atoms with E-state index in [4.69, 9.17) is 28.4 Å². The van der Waals surface area contributed by atoms with E-state index in [1.54, 1.807) is 39.2 Å². The third kappa shape index (κ3) is 7.10. The van der Waals surface area contributed by atoms with Crippen LogP contribution in [0.3, 0.4) is 0 Å². The normalized spacial score (nSPS) is 14.3. The fourth-order valence-corrected chi connectivity index (χ4v) is 3.45. The van der Waals surface area contributed by atoms with Gasteiger partial charge in [-0.3, -0.25) is 9.59 Å². The van der Waals surface area contributed by atoms with Crippen molar-refractivity contribution in [1.82, 2.24) is 0 Å². The van der Waals surface area contributed by atoms with Gasteiger partial charge in [0.1, 0.15) is 0 Å². The van der Waals surface area contributed by atoms with Crippen LogP contribution in [0.2, 0.25) is 0 Å². The van der Waals surface area contributed by atoms with E-state index in [9.17, 15) is 9.59 Å². The second-order valence-corrected chi connectivity index (χ2v) is 7.45. The van der Waals surface area contributed by atoms with Crippen molar-refractivity contribution in [3.8, 4) is 11.5 Å². The highest BCUT2D eigenvalue weighted by Crippen LogP contribution is 2.39. The number of carbonyl (C=O) groups is 2. The molecule has 0 aliphatic heterocycles. The Morgan fingerprint density at radius 2 is 1.50 bits per heavy atom. The first-order valence-electron chi connectivity index (χ1n) is 11.4. The number of hydrogen-bond donors (Lipinski definition) is 0. The third-order valence-electron chi connectivity index (χ3n) is 5.14. The summed E-state index contributed by atoms with van der Waals surface area (Å²) >= 11 is 0. The second-order valence-electron chi connectivity index (χ2n) is 7.45. The van der Waals surface area contributed by atoms with E-state index >= 15 is 0 Å². The Labute approximate surface area is 190 Å². The smallest absolute Gasteiger partial charge is 0.321 e. The average Bonchev–Trinajstić information content (AvgIpc) is 3.60. The maximum Gasteiger partial charge on any atom is 0.321 e. The van der Waals surface area contributed by atoms with E-state index < -0.39 is 30.1 Å². The predicted molar refractivity (Wildman–Crippen MR) is 118 cm³/mol. The van der Waals surface area contributed by atoms with Gasteiger partial charge in [-0.1, -0.05) is 6.07 Å². The number of methoxy groups -OCH3 is 1. The lowest BCUT2D eigenvalue weighted by atomic mass is 9.84. The van der Waals surface area contributed by atoms with E-state index in [1.165, 1.54) is 0 Å². The molecule has 0 bridgehead atoms. The molecule has 32 heavy (non-hydrogen) atoms. The molecule has 8 heteroatoms. The molecule has 180 valence electrons. The Bertz CT molecular complexity index is 707. The van der Waals surface area contributed by atoms with Crippen LogP contribution in [0, 0.1) is 11.8 Å². The highest BCUT2D eigenvalue weighted by atomic mass is 16.7. The van der Waals surface area contributed by atoms with Crippen LogP contribution in [0.1, 0.15) is 52.0 Å². The molecule has 1 aliphatic carbocycles. The van der Waals surface area contributed by atoms with Crippen molar-refractivity contribution in [3.05, 3.63) is 23.8 Å². The molecule has 8 nitrogen and oxygen atoms in total. The van der Waals surface area contributed by atoms with Crippen molar-refractivity contribution >= 4 is 11.9 Å². The van der Waals surface area contributed by atoms with Crippen LogP contribution in [0.5, 0.6) is 11.5 Å². The minimum Gasteiger partial charge on any atom is -0.493 e. The number of hydrogen-bond acceptors (Lipinski definition) is 8. The van der Waals surface area contributed by atoms with Crippen LogP contribution in [0.25, 0.3) is 0 Å². The maximum atomic E-state index is 12.9. The van der Waals surface area contributed by atoms with Crippen LogP contribution in [0.4, 0.5) is 0 Å². The Morgan fingerprint density at radius 1 is 0.906 bits per heavy atom. The first-order valence-corrected chi connectivity index (χ1v) is 11.4. The van der Waals surface area contributed by atoms with E-state index in [1.807, 2.05) is 13.8 Å². The van der Waals surface area contributed by atoms with Gasteiger partial charge in [-0.15, -0.1) is 0 Å². The Morgan fingerprint density at radius 3 is 1.97 bits per heavy atom. The standard InChI is InChI=1S/C24H36O8/c1-6-28-22(25)21(23(26)29-7-2)20(24(30-8-3)31-9-4)17-12-13-18(27-5)19(14-17)32-15-16-10-11-16/h12-14,16,20-21,24H,6-11,15H2,1-5H3. The number of benzene rings is 1. The van der Waals surface area contributed by atoms with Crippen molar-refractivity contribution in [2.75, 3.05) is 40.1 Å². The molecule has 1 unspecified atom stereocenters. The Balaban J connectivity index is 2.53. The van der Waals surface area contributed by atoms with Crippen LogP contribution in [-0.4, -0.2) is 58.4 Å². The first kappa shape index (κ1) is 25.9. The van der Waals surface area contributed by atoms with Gasteiger partial charge in [0.05, 0.1) is 32.8 Å². The lowest BCUT2D eigenvalue weighted by molar-refractivity contribution is -0.183. The summed E-state index contributed by atoms with van der Waals surface area (Å²) in [5.41, 5.74) is 0.634. The molecule has 1 aliphatic rings. The number of carbonyl (C=O) groups excluding carboxylic acids is 2. The quantitative estimate of drug-likeness (QED) is 0.226. The van der Waals surface area contributed by atoms with Gasteiger partial charge in [0.2, 0.25) is 0 Å². The third-order valence-corrected chi connectivity index (χ3v) is 5.14. The topological polar surface area (TPSA) is 89.5 Å². The lowest BCUT2D eigenvalue weighted by Gasteiger charge is -2.31. The Kier molecular flexibility index (Phi) is 10.8. The van der Waals surface area contributed by atoms with Crippen LogP contribution in [-0.2, 0) is 28.5 Å². The molecule has 1 aromatic rings. The van der Waals surface area contributed by atoms with Gasteiger partial charge in [-0.05, 0) is 64.2 Å². The molecule has 1 atom stereocenters. The van der Waals surface area contributed by atoms with Crippen LogP contribution < -0.4 is 9.47 Å². The number of esters is 2. The van der Waals surface area contributed by atoms with Gasteiger partial charge in [0.15, 0.2) is 23.7 Å². The molecule has 0 amide bonds. The van der Waals surface area contributed by atoms with E-state index in [-0.39, 0.29) is 13.2 Å². The van der Waals surface area contributed by atoms with Gasteiger partial charge in [-0.2, -0.15) is 0 Å². The highest BCUT2D eigenvalue weighted by molar-refractivity contribution is 5.96. The minimum absolute atomic E-state index is 0.133. The number of rotatable bonds is 15. The molecule has 1 fully saturated rings. The lowest BCUT2D eigenvalue weighted by Crippen LogP contribution is -2.41. The maximum absolute atomic E-state index is 12.9. The van der Waals surface area contributed by atoms with Crippen LogP contribution in [0.15, 0.2) is 18.2 Å². The zero-order chi connectivity index (χ0) is 23.5. The second kappa shape index (κ2) is 13.3. The van der Waals surface area contributed by atoms with Crippen molar-refractivity contribution in [3.63, 3.8) is 0 Å². The summed E-state index contributed by atoms with van der Waals surface area (Å²) in [6, 6.07) is 5.32. The fourth-order valence-electron chi connectivity index (χ4n) is 3.45. The van der Waals surface area contributed by atoms with Crippen molar-refractivity contribution < 1.29 is 38.0 Å².